The Morgan fingerprint density at radius 2 is 2.05 bits per heavy atom. The maximum Gasteiger partial charge on any atom is 0.225 e. The van der Waals surface area contributed by atoms with Gasteiger partial charge in [-0.25, -0.2) is 8.42 Å². The van der Waals surface area contributed by atoms with Crippen molar-refractivity contribution in [1.82, 2.24) is 19.4 Å². The molecule has 0 atom stereocenters. The Hall–Kier alpha value is -1.87. The van der Waals surface area contributed by atoms with Gasteiger partial charge in [0.25, 0.3) is 0 Å². The summed E-state index contributed by atoms with van der Waals surface area (Å²) >= 11 is 0. The second kappa shape index (κ2) is 4.91. The second-order valence-electron chi connectivity index (χ2n) is 4.88. The SMILES string of the molecule is CC(C)n1ccc2c(N(C)NS(C)(=O)=O)nc(N)nc21. The fourth-order valence-electron chi connectivity index (χ4n) is 2.00. The van der Waals surface area contributed by atoms with Crippen molar-refractivity contribution in [1.29, 1.82) is 0 Å². The Kier molecular flexibility index (Phi) is 3.57. The van der Waals surface area contributed by atoms with E-state index in [4.69, 9.17) is 5.73 Å². The standard InChI is InChI=1S/C11H18N6O2S/c1-7(2)17-6-5-8-9(13-11(12)14-10(8)17)16(3)15-20(4,18)19/h5-7,15H,1-4H3,(H2,12,13,14). The number of rotatable bonds is 4. The molecule has 0 bridgehead atoms. The molecule has 110 valence electrons. The largest absolute Gasteiger partial charge is 0.368 e. The molecule has 3 N–H and O–H groups in total. The number of nitrogen functional groups attached to an aromatic ring is 1. The van der Waals surface area contributed by atoms with Crippen molar-refractivity contribution >= 4 is 32.8 Å². The molecule has 0 unspecified atom stereocenters. The maximum atomic E-state index is 11.3. The Morgan fingerprint density at radius 3 is 2.60 bits per heavy atom. The van der Waals surface area contributed by atoms with Crippen LogP contribution in [0.2, 0.25) is 0 Å². The molecule has 20 heavy (non-hydrogen) atoms. The number of nitrogens with zero attached hydrogens (tertiary/aromatic N) is 4. The molecule has 0 amide bonds. The van der Waals surface area contributed by atoms with E-state index in [0.29, 0.717) is 11.5 Å². The van der Waals surface area contributed by atoms with E-state index in [1.54, 1.807) is 7.05 Å². The molecule has 2 aromatic heterocycles. The molecule has 0 radical (unpaired) electrons. The van der Waals surface area contributed by atoms with Gasteiger partial charge in [0.1, 0.15) is 5.65 Å². The molecule has 2 rings (SSSR count). The average molecular weight is 298 g/mol. The van der Waals surface area contributed by atoms with Crippen LogP contribution in [0, 0.1) is 0 Å². The van der Waals surface area contributed by atoms with Gasteiger partial charge in [0, 0.05) is 19.3 Å². The lowest BCUT2D eigenvalue weighted by Gasteiger charge is -2.19. The van der Waals surface area contributed by atoms with Crippen molar-refractivity contribution in [3.63, 3.8) is 0 Å². The van der Waals surface area contributed by atoms with Gasteiger partial charge in [-0.2, -0.15) is 9.97 Å². The van der Waals surface area contributed by atoms with Gasteiger partial charge in [-0.3, -0.25) is 5.01 Å². The molecule has 0 aromatic carbocycles. The van der Waals surface area contributed by atoms with Gasteiger partial charge in [0.2, 0.25) is 16.0 Å². The van der Waals surface area contributed by atoms with Crippen LogP contribution in [0.15, 0.2) is 12.3 Å². The highest BCUT2D eigenvalue weighted by Crippen LogP contribution is 2.26. The Labute approximate surface area is 117 Å². The summed E-state index contributed by atoms with van der Waals surface area (Å²) in [5.41, 5.74) is 6.39. The average Bonchev–Trinajstić information content (AvgIpc) is 2.68. The van der Waals surface area contributed by atoms with Crippen molar-refractivity contribution in [2.24, 2.45) is 0 Å². The fraction of sp³-hybridized carbons (Fsp3) is 0.455. The summed E-state index contributed by atoms with van der Waals surface area (Å²) < 4.78 is 24.6. The number of anilines is 2. The summed E-state index contributed by atoms with van der Waals surface area (Å²) in [6.07, 6.45) is 2.95. The number of aromatic nitrogens is 3. The van der Waals surface area contributed by atoms with Crippen LogP contribution in [0.3, 0.4) is 0 Å². The van der Waals surface area contributed by atoms with Gasteiger partial charge in [-0.05, 0) is 19.9 Å². The van der Waals surface area contributed by atoms with E-state index in [9.17, 15) is 8.42 Å². The number of hydrazine groups is 1. The third-order valence-electron chi connectivity index (χ3n) is 2.75. The smallest absolute Gasteiger partial charge is 0.225 e. The van der Waals surface area contributed by atoms with Crippen LogP contribution in [0.4, 0.5) is 11.8 Å². The lowest BCUT2D eigenvalue weighted by atomic mass is 10.3. The van der Waals surface area contributed by atoms with Gasteiger partial charge in [-0.1, -0.05) is 0 Å². The number of hydrogen-bond donors (Lipinski definition) is 2. The zero-order chi connectivity index (χ0) is 15.1. The zero-order valence-electron chi connectivity index (χ0n) is 11.8. The zero-order valence-corrected chi connectivity index (χ0v) is 12.6. The molecule has 9 heteroatoms. The van der Waals surface area contributed by atoms with E-state index >= 15 is 0 Å². The Morgan fingerprint density at radius 1 is 1.40 bits per heavy atom. The minimum Gasteiger partial charge on any atom is -0.368 e. The minimum atomic E-state index is -3.39. The highest BCUT2D eigenvalue weighted by atomic mass is 32.2. The van der Waals surface area contributed by atoms with Crippen molar-refractivity contribution in [2.45, 2.75) is 19.9 Å². The van der Waals surface area contributed by atoms with E-state index in [1.165, 1.54) is 5.01 Å². The molecule has 0 aliphatic rings. The van der Waals surface area contributed by atoms with Crippen LogP contribution < -0.4 is 15.6 Å². The molecular weight excluding hydrogens is 280 g/mol. The highest BCUT2D eigenvalue weighted by molar-refractivity contribution is 7.88. The van der Waals surface area contributed by atoms with Crippen molar-refractivity contribution in [3.8, 4) is 0 Å². The summed E-state index contributed by atoms with van der Waals surface area (Å²) in [6, 6.07) is 2.05. The monoisotopic (exact) mass is 298 g/mol. The van der Waals surface area contributed by atoms with Crippen molar-refractivity contribution < 1.29 is 8.42 Å². The fourth-order valence-corrected chi connectivity index (χ4v) is 2.58. The Bertz CT molecular complexity index is 737. The lowest BCUT2D eigenvalue weighted by molar-refractivity contribution is 0.586. The second-order valence-corrected chi connectivity index (χ2v) is 6.61. The Balaban J connectivity index is 2.59. The quantitative estimate of drug-likeness (QED) is 0.796. The first kappa shape index (κ1) is 14.5. The van der Waals surface area contributed by atoms with Gasteiger partial charge >= 0.3 is 0 Å². The molecule has 0 fully saturated rings. The number of fused-ring (bicyclic) bond motifs is 1. The number of nitrogens with two attached hydrogens (primary N) is 1. The summed E-state index contributed by atoms with van der Waals surface area (Å²) in [4.78, 5) is 10.7. The van der Waals surface area contributed by atoms with Crippen LogP contribution in [-0.4, -0.2) is 36.3 Å². The number of hydrogen-bond acceptors (Lipinski definition) is 6. The van der Waals surface area contributed by atoms with Crippen molar-refractivity contribution in [2.75, 3.05) is 24.0 Å². The highest BCUT2D eigenvalue weighted by Gasteiger charge is 2.17. The molecule has 0 saturated heterocycles. The van der Waals surface area contributed by atoms with E-state index in [-0.39, 0.29) is 12.0 Å². The maximum absolute atomic E-state index is 11.3. The van der Waals surface area contributed by atoms with E-state index in [1.807, 2.05) is 30.7 Å². The van der Waals surface area contributed by atoms with E-state index in [0.717, 1.165) is 11.6 Å². The van der Waals surface area contributed by atoms with Gasteiger partial charge in [-0.15, -0.1) is 4.83 Å². The molecule has 0 aliphatic carbocycles. The van der Waals surface area contributed by atoms with Crippen LogP contribution >= 0.6 is 0 Å². The molecular formula is C11H18N6O2S. The summed E-state index contributed by atoms with van der Waals surface area (Å²) in [5, 5.41) is 2.05. The van der Waals surface area contributed by atoms with E-state index < -0.39 is 10.0 Å². The lowest BCUT2D eigenvalue weighted by Crippen LogP contribution is -2.39. The summed E-state index contributed by atoms with van der Waals surface area (Å²) in [6.45, 7) is 4.05. The molecule has 0 saturated carbocycles. The predicted molar refractivity (Wildman–Crippen MR) is 78.7 cm³/mol. The minimum absolute atomic E-state index is 0.0928. The first-order chi connectivity index (χ1) is 9.19. The van der Waals surface area contributed by atoms with Gasteiger partial charge < -0.3 is 10.3 Å². The van der Waals surface area contributed by atoms with Crippen molar-refractivity contribution in [3.05, 3.63) is 12.3 Å². The molecule has 2 aromatic rings. The van der Waals surface area contributed by atoms with Crippen LogP contribution in [-0.2, 0) is 10.0 Å². The van der Waals surface area contributed by atoms with Crippen LogP contribution in [0.25, 0.3) is 11.0 Å². The van der Waals surface area contributed by atoms with Crippen LogP contribution in [0.1, 0.15) is 19.9 Å². The normalized spacial score (nSPS) is 12.2. The summed E-state index contributed by atoms with van der Waals surface area (Å²) in [7, 11) is -1.83. The first-order valence-corrected chi connectivity index (χ1v) is 7.93. The molecule has 0 spiro atoms. The molecule has 0 aliphatic heterocycles. The third kappa shape index (κ3) is 2.83. The number of sulfonamides is 1. The van der Waals surface area contributed by atoms with Gasteiger partial charge in [0.15, 0.2) is 5.82 Å². The first-order valence-electron chi connectivity index (χ1n) is 6.04. The molecule has 8 nitrogen and oxygen atoms in total. The third-order valence-corrected chi connectivity index (χ3v) is 3.35. The van der Waals surface area contributed by atoms with Crippen LogP contribution in [0.5, 0.6) is 0 Å². The number of nitrogens with one attached hydrogen (secondary N) is 1. The van der Waals surface area contributed by atoms with E-state index in [2.05, 4.69) is 14.8 Å². The summed E-state index contributed by atoms with van der Waals surface area (Å²) in [5.74, 6) is 0.507. The van der Waals surface area contributed by atoms with Gasteiger partial charge in [0.05, 0.1) is 11.6 Å². The topological polar surface area (TPSA) is 106 Å². The molecule has 2 heterocycles. The predicted octanol–water partition coefficient (Wildman–Crippen LogP) is 0.495.